The Kier molecular flexibility index (Phi) is 9.15. The van der Waals surface area contributed by atoms with Gasteiger partial charge in [-0.2, -0.15) is 0 Å². The molecule has 2 amide bonds. The van der Waals surface area contributed by atoms with Gasteiger partial charge in [-0.05, 0) is 55.2 Å². The number of aromatic nitrogens is 3. The molecule has 7 nitrogen and oxygen atoms in total. The molecule has 0 bridgehead atoms. The van der Waals surface area contributed by atoms with Crippen molar-refractivity contribution in [1.29, 1.82) is 0 Å². The molecule has 3 aromatic rings. The maximum Gasteiger partial charge on any atom is 0.253 e. The van der Waals surface area contributed by atoms with Crippen LogP contribution >= 0.6 is 35.0 Å². The van der Waals surface area contributed by atoms with Crippen LogP contribution in [0.15, 0.2) is 41.6 Å². The topological polar surface area (TPSA) is 88.9 Å². The minimum Gasteiger partial charge on any atom is -0.342 e. The fraction of sp³-hybridized carbons (Fsp3) is 0.333. The number of benzene rings is 2. The summed E-state index contributed by atoms with van der Waals surface area (Å²) in [7, 11) is 1.78. The lowest BCUT2D eigenvalue weighted by Gasteiger charge is -2.20. The Morgan fingerprint density at radius 1 is 1.14 bits per heavy atom. The zero-order valence-corrected chi connectivity index (χ0v) is 22.1. The minimum absolute atomic E-state index is 0.0590. The summed E-state index contributed by atoms with van der Waals surface area (Å²) in [5.41, 5.74) is 1.50. The maximum absolute atomic E-state index is 13.5. The Balaban J connectivity index is 1.71. The zero-order valence-electron chi connectivity index (χ0n) is 19.7. The molecule has 35 heavy (non-hydrogen) atoms. The molecule has 0 aliphatic carbocycles. The summed E-state index contributed by atoms with van der Waals surface area (Å²) in [6.07, 6.45) is 0.618. The second-order valence-corrected chi connectivity index (χ2v) is 10.3. The quantitative estimate of drug-likeness (QED) is 0.336. The van der Waals surface area contributed by atoms with Crippen molar-refractivity contribution >= 4 is 52.5 Å². The van der Waals surface area contributed by atoms with E-state index in [1.165, 1.54) is 30.0 Å². The molecule has 0 saturated carbocycles. The highest BCUT2D eigenvalue weighted by Crippen LogP contribution is 2.26. The predicted molar refractivity (Wildman–Crippen MR) is 138 cm³/mol. The molecule has 0 aliphatic rings. The van der Waals surface area contributed by atoms with Gasteiger partial charge in [0.15, 0.2) is 11.0 Å². The van der Waals surface area contributed by atoms with Crippen molar-refractivity contribution in [1.82, 2.24) is 20.1 Å². The van der Waals surface area contributed by atoms with Crippen LogP contribution in [-0.4, -0.2) is 32.3 Å². The van der Waals surface area contributed by atoms with Gasteiger partial charge in [-0.25, -0.2) is 4.39 Å². The third-order valence-electron chi connectivity index (χ3n) is 5.17. The van der Waals surface area contributed by atoms with E-state index in [4.69, 9.17) is 23.2 Å². The van der Waals surface area contributed by atoms with E-state index in [2.05, 4.69) is 20.8 Å². The van der Waals surface area contributed by atoms with Crippen LogP contribution in [0.5, 0.6) is 0 Å². The highest BCUT2D eigenvalue weighted by molar-refractivity contribution is 7.99. The van der Waals surface area contributed by atoms with Gasteiger partial charge in [0.1, 0.15) is 5.82 Å². The van der Waals surface area contributed by atoms with Crippen LogP contribution in [0.1, 0.15) is 48.1 Å². The van der Waals surface area contributed by atoms with E-state index in [1.54, 1.807) is 36.7 Å². The monoisotopic (exact) mass is 537 g/mol. The molecule has 1 atom stereocenters. The molecule has 0 radical (unpaired) electrons. The Morgan fingerprint density at radius 2 is 1.89 bits per heavy atom. The zero-order chi connectivity index (χ0) is 25.7. The number of aryl methyl sites for hydroxylation is 1. The number of amides is 2. The Morgan fingerprint density at radius 3 is 2.57 bits per heavy atom. The van der Waals surface area contributed by atoms with E-state index in [-0.39, 0.29) is 28.5 Å². The molecule has 3 rings (SSSR count). The summed E-state index contributed by atoms with van der Waals surface area (Å²) in [5, 5.41) is 15.4. The number of carbonyl (C=O) groups excluding carboxylic acids is 2. The highest BCUT2D eigenvalue weighted by atomic mass is 35.5. The molecule has 0 spiro atoms. The fourth-order valence-electron chi connectivity index (χ4n) is 3.41. The molecule has 186 valence electrons. The Bertz CT molecular complexity index is 1230. The van der Waals surface area contributed by atoms with E-state index < -0.39 is 11.9 Å². The van der Waals surface area contributed by atoms with Gasteiger partial charge < -0.3 is 15.2 Å². The van der Waals surface area contributed by atoms with Crippen molar-refractivity contribution in [2.24, 2.45) is 13.0 Å². The first-order valence-electron chi connectivity index (χ1n) is 10.9. The van der Waals surface area contributed by atoms with Crippen LogP contribution in [0.25, 0.3) is 0 Å². The van der Waals surface area contributed by atoms with E-state index in [0.29, 0.717) is 33.7 Å². The molecule has 2 aromatic carbocycles. The smallest absolute Gasteiger partial charge is 0.253 e. The first-order chi connectivity index (χ1) is 16.5. The first-order valence-corrected chi connectivity index (χ1v) is 12.6. The summed E-state index contributed by atoms with van der Waals surface area (Å²) in [4.78, 5) is 25.3. The molecule has 0 fully saturated rings. The summed E-state index contributed by atoms with van der Waals surface area (Å²) in [5.74, 6) is -0.189. The number of thioether (sulfide) groups is 1. The van der Waals surface area contributed by atoms with E-state index in [9.17, 15) is 14.0 Å². The molecule has 2 N–H and O–H groups in total. The van der Waals surface area contributed by atoms with Crippen LogP contribution in [-0.2, 0) is 11.8 Å². The highest BCUT2D eigenvalue weighted by Gasteiger charge is 2.24. The number of anilines is 1. The van der Waals surface area contributed by atoms with Gasteiger partial charge in [-0.1, -0.05) is 54.9 Å². The van der Waals surface area contributed by atoms with Crippen LogP contribution in [0.4, 0.5) is 10.1 Å². The van der Waals surface area contributed by atoms with Crippen molar-refractivity contribution in [3.63, 3.8) is 0 Å². The Hall–Kier alpha value is -2.62. The first kappa shape index (κ1) is 27.0. The van der Waals surface area contributed by atoms with E-state index >= 15 is 0 Å². The van der Waals surface area contributed by atoms with Crippen molar-refractivity contribution in [2.45, 2.75) is 38.4 Å². The summed E-state index contributed by atoms with van der Waals surface area (Å²) < 4.78 is 15.2. The van der Waals surface area contributed by atoms with Crippen molar-refractivity contribution in [3.8, 4) is 0 Å². The molecule has 1 heterocycles. The molecule has 1 aromatic heterocycles. The van der Waals surface area contributed by atoms with E-state index in [0.717, 1.165) is 5.56 Å². The molecule has 0 aliphatic heterocycles. The summed E-state index contributed by atoms with van der Waals surface area (Å²) in [6, 6.07) is 8.50. The number of nitrogens with zero attached hydrogens (tertiary/aromatic N) is 3. The van der Waals surface area contributed by atoms with Gasteiger partial charge in [-0.3, -0.25) is 9.59 Å². The van der Waals surface area contributed by atoms with Crippen molar-refractivity contribution in [3.05, 3.63) is 69.2 Å². The largest absolute Gasteiger partial charge is 0.342 e. The third kappa shape index (κ3) is 7.19. The van der Waals surface area contributed by atoms with Crippen LogP contribution in [0.3, 0.4) is 0 Å². The summed E-state index contributed by atoms with van der Waals surface area (Å²) in [6.45, 7) is 5.87. The van der Waals surface area contributed by atoms with Gasteiger partial charge in [0.25, 0.3) is 5.91 Å². The van der Waals surface area contributed by atoms with Gasteiger partial charge in [-0.15, -0.1) is 10.2 Å². The lowest BCUT2D eigenvalue weighted by Crippen LogP contribution is -2.31. The van der Waals surface area contributed by atoms with Crippen LogP contribution in [0.2, 0.25) is 10.0 Å². The lowest BCUT2D eigenvalue weighted by molar-refractivity contribution is -0.113. The van der Waals surface area contributed by atoms with Crippen molar-refractivity contribution in [2.75, 3.05) is 11.1 Å². The fourth-order valence-corrected chi connectivity index (χ4v) is 4.62. The molecule has 0 unspecified atom stereocenters. The second kappa shape index (κ2) is 11.9. The average molecular weight is 538 g/mol. The maximum atomic E-state index is 13.5. The normalized spacial score (nSPS) is 12.0. The van der Waals surface area contributed by atoms with Crippen LogP contribution in [0, 0.1) is 18.7 Å². The van der Waals surface area contributed by atoms with E-state index in [1.807, 2.05) is 13.8 Å². The van der Waals surface area contributed by atoms with Gasteiger partial charge in [0, 0.05) is 17.8 Å². The number of hydrogen-bond acceptors (Lipinski definition) is 5. The van der Waals surface area contributed by atoms with Gasteiger partial charge >= 0.3 is 0 Å². The standard InChI is InChI=1S/C24H26Cl2FN5O2S/c1-13(2)9-20(29-23(34)17-8-6-15(25)10-18(17)26)22-30-31-24(32(22)4)35-12-21(33)28-19-11-16(27)7-5-14(19)3/h5-8,10-11,13,20H,9,12H2,1-4H3,(H,28,33)(H,29,34)/t20-/m1/s1. The number of hydrogen-bond donors (Lipinski definition) is 2. The Labute approximate surface area is 217 Å². The minimum atomic E-state index is -0.426. The average Bonchev–Trinajstić information content (AvgIpc) is 3.14. The molecular weight excluding hydrogens is 512 g/mol. The molecule has 11 heteroatoms. The number of rotatable bonds is 9. The number of nitrogens with one attached hydrogen (secondary N) is 2. The van der Waals surface area contributed by atoms with Crippen molar-refractivity contribution < 1.29 is 14.0 Å². The molecular formula is C24H26Cl2FN5O2S. The summed E-state index contributed by atoms with van der Waals surface area (Å²) >= 11 is 13.3. The van der Waals surface area contributed by atoms with Gasteiger partial charge in [0.05, 0.1) is 22.4 Å². The predicted octanol–water partition coefficient (Wildman–Crippen LogP) is 5.82. The number of halogens is 3. The number of carbonyl (C=O) groups is 2. The van der Waals surface area contributed by atoms with Crippen LogP contribution < -0.4 is 10.6 Å². The third-order valence-corrected chi connectivity index (χ3v) is 6.74. The lowest BCUT2D eigenvalue weighted by atomic mass is 10.0. The molecule has 0 saturated heterocycles. The van der Waals surface area contributed by atoms with Gasteiger partial charge in [0.2, 0.25) is 5.91 Å². The second-order valence-electron chi connectivity index (χ2n) is 8.48. The SMILES string of the molecule is Cc1ccc(F)cc1NC(=O)CSc1nnc([C@@H](CC(C)C)NC(=O)c2ccc(Cl)cc2Cl)n1C.